The minimum absolute atomic E-state index is 0.0294. The fourth-order valence-corrected chi connectivity index (χ4v) is 2.20. The first-order chi connectivity index (χ1) is 9.10. The number of nitrogens with one attached hydrogen (secondary N) is 1. The summed E-state index contributed by atoms with van der Waals surface area (Å²) in [6.07, 6.45) is 2.13. The molecule has 0 saturated carbocycles. The molecule has 0 aliphatic heterocycles. The molecule has 0 aliphatic carbocycles. The van der Waals surface area contributed by atoms with Gasteiger partial charge in [-0.05, 0) is 59.2 Å². The molecule has 4 nitrogen and oxygen atoms in total. The highest BCUT2D eigenvalue weighted by molar-refractivity contribution is 5.24. The quantitative estimate of drug-likeness (QED) is 0.734. The number of aromatic nitrogens is 2. The van der Waals surface area contributed by atoms with Crippen LogP contribution in [0.2, 0.25) is 0 Å². The molecule has 0 saturated heterocycles. The van der Waals surface area contributed by atoms with E-state index in [1.54, 1.807) is 0 Å². The number of aryl methyl sites for hydroxylation is 2. The van der Waals surface area contributed by atoms with Crippen LogP contribution in [0, 0.1) is 13.8 Å². The Morgan fingerprint density at radius 1 is 1.16 bits per heavy atom. The molecule has 1 atom stereocenters. The SMILES string of the molecule is CCNCCCc1c(C)nc(C(C)OCC)nc1C. The molecule has 1 rings (SSSR count). The van der Waals surface area contributed by atoms with Gasteiger partial charge in [-0.1, -0.05) is 6.92 Å². The Bertz CT molecular complexity index is 370. The zero-order valence-electron chi connectivity index (χ0n) is 12.9. The Morgan fingerprint density at radius 3 is 2.32 bits per heavy atom. The topological polar surface area (TPSA) is 47.0 Å². The zero-order chi connectivity index (χ0) is 14.3. The molecule has 1 aromatic heterocycles. The van der Waals surface area contributed by atoms with Crippen molar-refractivity contribution in [3.63, 3.8) is 0 Å². The summed E-state index contributed by atoms with van der Waals surface area (Å²) in [5.41, 5.74) is 3.46. The Labute approximate surface area is 117 Å². The van der Waals surface area contributed by atoms with Crippen molar-refractivity contribution in [2.24, 2.45) is 0 Å². The van der Waals surface area contributed by atoms with Crippen molar-refractivity contribution in [3.05, 3.63) is 22.8 Å². The summed E-state index contributed by atoms with van der Waals surface area (Å²) in [7, 11) is 0. The summed E-state index contributed by atoms with van der Waals surface area (Å²) in [6, 6.07) is 0. The molecule has 0 aromatic carbocycles. The van der Waals surface area contributed by atoms with Crippen LogP contribution in [0.3, 0.4) is 0 Å². The number of hydrogen-bond donors (Lipinski definition) is 1. The van der Waals surface area contributed by atoms with Gasteiger partial charge in [-0.3, -0.25) is 0 Å². The molecule has 1 aromatic rings. The van der Waals surface area contributed by atoms with Crippen LogP contribution in [0.4, 0.5) is 0 Å². The number of rotatable bonds is 8. The molecule has 0 spiro atoms. The molecule has 0 amide bonds. The normalized spacial score (nSPS) is 12.7. The zero-order valence-corrected chi connectivity index (χ0v) is 12.9. The molecule has 19 heavy (non-hydrogen) atoms. The van der Waals surface area contributed by atoms with Crippen LogP contribution >= 0.6 is 0 Å². The van der Waals surface area contributed by atoms with Gasteiger partial charge in [0.05, 0.1) is 0 Å². The van der Waals surface area contributed by atoms with Crippen molar-refractivity contribution in [2.45, 2.75) is 53.6 Å². The fraction of sp³-hybridized carbons (Fsp3) is 0.733. The third kappa shape index (κ3) is 4.88. The molecule has 108 valence electrons. The maximum atomic E-state index is 5.56. The van der Waals surface area contributed by atoms with Crippen molar-refractivity contribution in [1.29, 1.82) is 0 Å². The average molecular weight is 265 g/mol. The molecular formula is C15H27N3O. The van der Waals surface area contributed by atoms with Crippen LogP contribution in [0.1, 0.15) is 56.1 Å². The Kier molecular flexibility index (Phi) is 6.95. The molecule has 0 fully saturated rings. The van der Waals surface area contributed by atoms with Crippen molar-refractivity contribution in [2.75, 3.05) is 19.7 Å². The monoisotopic (exact) mass is 265 g/mol. The van der Waals surface area contributed by atoms with Gasteiger partial charge in [-0.25, -0.2) is 9.97 Å². The van der Waals surface area contributed by atoms with Crippen molar-refractivity contribution >= 4 is 0 Å². The second kappa shape index (κ2) is 8.23. The first-order valence-electron chi connectivity index (χ1n) is 7.26. The standard InChI is InChI=1S/C15H27N3O/c1-6-16-10-8-9-14-11(3)17-15(18-12(14)4)13(5)19-7-2/h13,16H,6-10H2,1-5H3. The number of hydrogen-bond acceptors (Lipinski definition) is 4. The predicted octanol–water partition coefficient (Wildman–Crippen LogP) is 2.73. The first-order valence-corrected chi connectivity index (χ1v) is 7.26. The van der Waals surface area contributed by atoms with E-state index in [1.165, 1.54) is 5.56 Å². The van der Waals surface area contributed by atoms with E-state index in [0.717, 1.165) is 43.1 Å². The van der Waals surface area contributed by atoms with Gasteiger partial charge in [0.1, 0.15) is 6.10 Å². The molecule has 0 radical (unpaired) electrons. The van der Waals surface area contributed by atoms with Crippen LogP contribution in [0.15, 0.2) is 0 Å². The first kappa shape index (κ1) is 16.1. The smallest absolute Gasteiger partial charge is 0.157 e. The highest BCUT2D eigenvalue weighted by Gasteiger charge is 2.13. The molecule has 1 unspecified atom stereocenters. The van der Waals surface area contributed by atoms with E-state index in [4.69, 9.17) is 4.74 Å². The van der Waals surface area contributed by atoms with Crippen molar-refractivity contribution in [3.8, 4) is 0 Å². The van der Waals surface area contributed by atoms with Crippen LogP contribution in [0.5, 0.6) is 0 Å². The van der Waals surface area contributed by atoms with E-state index in [2.05, 4.69) is 36.1 Å². The summed E-state index contributed by atoms with van der Waals surface area (Å²) < 4.78 is 5.56. The van der Waals surface area contributed by atoms with E-state index in [1.807, 2.05) is 13.8 Å². The molecule has 4 heteroatoms. The molecule has 0 bridgehead atoms. The molecule has 1 heterocycles. The minimum atomic E-state index is -0.0294. The van der Waals surface area contributed by atoms with Gasteiger partial charge in [0.15, 0.2) is 5.82 Å². The minimum Gasteiger partial charge on any atom is -0.371 e. The highest BCUT2D eigenvalue weighted by Crippen LogP contribution is 2.18. The van der Waals surface area contributed by atoms with Crippen LogP contribution < -0.4 is 5.32 Å². The second-order valence-electron chi connectivity index (χ2n) is 4.79. The largest absolute Gasteiger partial charge is 0.371 e. The summed E-state index contributed by atoms with van der Waals surface area (Å²) in [4.78, 5) is 9.19. The summed E-state index contributed by atoms with van der Waals surface area (Å²) in [6.45, 7) is 13.0. The van der Waals surface area contributed by atoms with Gasteiger partial charge >= 0.3 is 0 Å². The van der Waals surface area contributed by atoms with Crippen molar-refractivity contribution in [1.82, 2.24) is 15.3 Å². The molecule has 1 N–H and O–H groups in total. The average Bonchev–Trinajstić information content (AvgIpc) is 2.37. The van der Waals surface area contributed by atoms with Gasteiger partial charge in [0.25, 0.3) is 0 Å². The third-order valence-corrected chi connectivity index (χ3v) is 3.25. The number of ether oxygens (including phenoxy) is 1. The lowest BCUT2D eigenvalue weighted by molar-refractivity contribution is 0.0697. The molecular weight excluding hydrogens is 238 g/mol. The van der Waals surface area contributed by atoms with Gasteiger partial charge in [0.2, 0.25) is 0 Å². The van der Waals surface area contributed by atoms with Gasteiger partial charge in [-0.2, -0.15) is 0 Å². The van der Waals surface area contributed by atoms with Gasteiger partial charge < -0.3 is 10.1 Å². The maximum absolute atomic E-state index is 5.56. The highest BCUT2D eigenvalue weighted by atomic mass is 16.5. The van der Waals surface area contributed by atoms with E-state index in [-0.39, 0.29) is 6.10 Å². The summed E-state index contributed by atoms with van der Waals surface area (Å²) in [5, 5.41) is 3.34. The van der Waals surface area contributed by atoms with E-state index in [0.29, 0.717) is 6.61 Å². The fourth-order valence-electron chi connectivity index (χ4n) is 2.20. The van der Waals surface area contributed by atoms with E-state index < -0.39 is 0 Å². The third-order valence-electron chi connectivity index (χ3n) is 3.25. The Hall–Kier alpha value is -1.00. The summed E-state index contributed by atoms with van der Waals surface area (Å²) >= 11 is 0. The van der Waals surface area contributed by atoms with Crippen LogP contribution in [-0.2, 0) is 11.2 Å². The van der Waals surface area contributed by atoms with E-state index in [9.17, 15) is 0 Å². The summed E-state index contributed by atoms with van der Waals surface area (Å²) in [5.74, 6) is 0.798. The second-order valence-corrected chi connectivity index (χ2v) is 4.79. The lowest BCUT2D eigenvalue weighted by atomic mass is 10.1. The Balaban J connectivity index is 2.73. The maximum Gasteiger partial charge on any atom is 0.157 e. The van der Waals surface area contributed by atoms with Crippen LogP contribution in [-0.4, -0.2) is 29.7 Å². The Morgan fingerprint density at radius 2 is 1.79 bits per heavy atom. The van der Waals surface area contributed by atoms with Gasteiger partial charge in [0, 0.05) is 18.0 Å². The lowest BCUT2D eigenvalue weighted by Gasteiger charge is -2.15. The predicted molar refractivity (Wildman–Crippen MR) is 78.4 cm³/mol. The molecule has 0 aliphatic rings. The van der Waals surface area contributed by atoms with Gasteiger partial charge in [-0.15, -0.1) is 0 Å². The van der Waals surface area contributed by atoms with Crippen molar-refractivity contribution < 1.29 is 4.74 Å². The van der Waals surface area contributed by atoms with E-state index >= 15 is 0 Å². The number of nitrogens with zero attached hydrogens (tertiary/aromatic N) is 2. The lowest BCUT2D eigenvalue weighted by Crippen LogP contribution is -2.16. The van der Waals surface area contributed by atoms with Crippen LogP contribution in [0.25, 0.3) is 0 Å².